The number of amides is 1. The molecule has 4 aromatic rings. The van der Waals surface area contributed by atoms with Crippen LogP contribution in [0.4, 0.5) is 22.7 Å². The first-order chi connectivity index (χ1) is 18.4. The highest BCUT2D eigenvalue weighted by Crippen LogP contribution is 2.41. The van der Waals surface area contributed by atoms with Gasteiger partial charge in [0.05, 0.1) is 29.5 Å². The predicted molar refractivity (Wildman–Crippen MR) is 147 cm³/mol. The Balaban J connectivity index is 1.51. The Bertz CT molecular complexity index is 1710. The largest absolute Gasteiger partial charge is 0.478 e. The van der Waals surface area contributed by atoms with Crippen LogP contribution in [0.2, 0.25) is 5.02 Å². The minimum absolute atomic E-state index is 0.0171. The second-order valence-electron chi connectivity index (χ2n) is 10.5. The smallest absolute Gasteiger partial charge is 0.339 e. The fourth-order valence-corrected chi connectivity index (χ4v) is 4.94. The number of benzene rings is 1. The van der Waals surface area contributed by atoms with Crippen molar-refractivity contribution < 1.29 is 19.1 Å². The Morgan fingerprint density at radius 3 is 2.46 bits per heavy atom. The van der Waals surface area contributed by atoms with Gasteiger partial charge in [0, 0.05) is 23.0 Å². The lowest BCUT2D eigenvalue weighted by Gasteiger charge is -2.31. The number of fused-ring (bicyclic) bond motifs is 1. The summed E-state index contributed by atoms with van der Waals surface area (Å²) in [6.07, 6.45) is 2.56. The van der Waals surface area contributed by atoms with Gasteiger partial charge in [0.1, 0.15) is 28.5 Å². The number of nitrogens with one attached hydrogen (secondary N) is 2. The summed E-state index contributed by atoms with van der Waals surface area (Å²) in [6, 6.07) is 7.78. The molecular formula is C28H25ClN4O6. The third-order valence-electron chi connectivity index (χ3n) is 6.72. The number of halogens is 1. The van der Waals surface area contributed by atoms with Crippen molar-refractivity contribution in [1.29, 1.82) is 0 Å². The standard InChI is InChI=1S/C28H25ClN4O6/c1-13-5-8-19(39-13)25(28(2,3)4)32-22-21(23(34)24(22)35)31-17-7-6-16(29)15-12-33(26(36)20(15)17)18-9-10-30-11-14(18)27(37)38/h5-11,25,31-32H,12H2,1-4H3,(H,37,38)/t25-/m0/s1. The van der Waals surface area contributed by atoms with Gasteiger partial charge in [-0.1, -0.05) is 32.4 Å². The van der Waals surface area contributed by atoms with E-state index in [9.17, 15) is 24.3 Å². The summed E-state index contributed by atoms with van der Waals surface area (Å²) in [5.41, 5.74) is -0.750. The number of carbonyl (C=O) groups is 2. The van der Waals surface area contributed by atoms with Crippen molar-refractivity contribution in [2.75, 3.05) is 15.5 Å². The van der Waals surface area contributed by atoms with Gasteiger partial charge in [0.15, 0.2) is 0 Å². The van der Waals surface area contributed by atoms with E-state index in [1.807, 2.05) is 39.8 Å². The molecule has 1 aliphatic heterocycles. The van der Waals surface area contributed by atoms with Gasteiger partial charge in [-0.25, -0.2) is 4.79 Å². The molecule has 5 rings (SSSR count). The number of carboxylic acids is 1. The van der Waals surface area contributed by atoms with Gasteiger partial charge in [-0.15, -0.1) is 0 Å². The Morgan fingerprint density at radius 1 is 1.10 bits per heavy atom. The first-order valence-electron chi connectivity index (χ1n) is 12.1. The van der Waals surface area contributed by atoms with Crippen molar-refractivity contribution >= 4 is 46.2 Å². The Hall–Kier alpha value is -4.44. The molecule has 39 heavy (non-hydrogen) atoms. The van der Waals surface area contributed by atoms with Crippen LogP contribution in [-0.2, 0) is 6.54 Å². The molecule has 0 saturated heterocycles. The highest BCUT2D eigenvalue weighted by atomic mass is 35.5. The maximum atomic E-state index is 13.6. The fourth-order valence-electron chi connectivity index (χ4n) is 4.72. The van der Waals surface area contributed by atoms with E-state index in [4.69, 9.17) is 16.0 Å². The van der Waals surface area contributed by atoms with Gasteiger partial charge in [0.2, 0.25) is 0 Å². The monoisotopic (exact) mass is 548 g/mol. The molecule has 1 amide bonds. The molecule has 1 aliphatic rings. The minimum atomic E-state index is -1.23. The summed E-state index contributed by atoms with van der Waals surface area (Å²) in [6.45, 7) is 7.77. The van der Waals surface area contributed by atoms with E-state index < -0.39 is 28.8 Å². The van der Waals surface area contributed by atoms with E-state index in [-0.39, 0.29) is 45.8 Å². The van der Waals surface area contributed by atoms with Crippen LogP contribution in [0.25, 0.3) is 0 Å². The SMILES string of the molecule is Cc1ccc([C@H](Nc2c(Nc3ccc(Cl)c4c3C(=O)N(c3ccncc3C(=O)O)C4)c(=O)c2=O)C(C)(C)C)o1. The second kappa shape index (κ2) is 9.39. The van der Waals surface area contributed by atoms with Crippen LogP contribution >= 0.6 is 11.6 Å². The van der Waals surface area contributed by atoms with Crippen LogP contribution in [-0.4, -0.2) is 22.0 Å². The van der Waals surface area contributed by atoms with Crippen LogP contribution in [0, 0.1) is 12.3 Å². The lowest BCUT2D eigenvalue weighted by atomic mass is 9.85. The third kappa shape index (κ3) is 4.46. The number of pyridine rings is 1. The first-order valence-corrected chi connectivity index (χ1v) is 12.5. The second-order valence-corrected chi connectivity index (χ2v) is 10.9. The van der Waals surface area contributed by atoms with Gasteiger partial charge >= 0.3 is 5.97 Å². The summed E-state index contributed by atoms with van der Waals surface area (Å²) < 4.78 is 5.81. The summed E-state index contributed by atoms with van der Waals surface area (Å²) >= 11 is 6.42. The molecule has 2 aromatic heterocycles. The molecule has 2 aromatic carbocycles. The van der Waals surface area contributed by atoms with Gasteiger partial charge in [0.25, 0.3) is 16.8 Å². The summed E-state index contributed by atoms with van der Waals surface area (Å²) in [4.78, 5) is 55.8. The minimum Gasteiger partial charge on any atom is -0.478 e. The molecule has 0 fully saturated rings. The van der Waals surface area contributed by atoms with Crippen LogP contribution in [0.5, 0.6) is 0 Å². The highest BCUT2D eigenvalue weighted by molar-refractivity contribution is 6.33. The molecule has 200 valence electrons. The van der Waals surface area contributed by atoms with Crippen molar-refractivity contribution in [2.45, 2.75) is 40.3 Å². The highest BCUT2D eigenvalue weighted by Gasteiger charge is 2.37. The number of aromatic nitrogens is 1. The molecule has 3 N–H and O–H groups in total. The summed E-state index contributed by atoms with van der Waals surface area (Å²) in [5, 5.41) is 16.0. The van der Waals surface area contributed by atoms with E-state index >= 15 is 0 Å². The van der Waals surface area contributed by atoms with Crippen LogP contribution in [0.3, 0.4) is 0 Å². The van der Waals surface area contributed by atoms with Crippen LogP contribution in [0.1, 0.15) is 64.6 Å². The third-order valence-corrected chi connectivity index (χ3v) is 7.07. The molecule has 0 saturated carbocycles. The molecule has 1 atom stereocenters. The molecule has 0 bridgehead atoms. The first kappa shape index (κ1) is 26.2. The van der Waals surface area contributed by atoms with Crippen molar-refractivity contribution in [3.05, 3.63) is 96.4 Å². The quantitative estimate of drug-likeness (QED) is 0.271. The number of rotatable bonds is 7. The summed E-state index contributed by atoms with van der Waals surface area (Å²) in [7, 11) is 0. The number of carboxylic acid groups (broad SMARTS) is 1. The zero-order valence-electron chi connectivity index (χ0n) is 21.6. The van der Waals surface area contributed by atoms with E-state index in [2.05, 4.69) is 15.6 Å². The van der Waals surface area contributed by atoms with Gasteiger partial charge in [-0.2, -0.15) is 0 Å². The molecule has 3 heterocycles. The Morgan fingerprint density at radius 2 is 1.82 bits per heavy atom. The van der Waals surface area contributed by atoms with E-state index in [1.54, 1.807) is 12.1 Å². The number of carbonyl (C=O) groups excluding carboxylic acids is 1. The molecule has 0 spiro atoms. The lowest BCUT2D eigenvalue weighted by Crippen LogP contribution is -2.39. The Kier molecular flexibility index (Phi) is 6.30. The van der Waals surface area contributed by atoms with Crippen molar-refractivity contribution in [2.24, 2.45) is 5.41 Å². The maximum Gasteiger partial charge on any atom is 0.339 e. The zero-order chi connectivity index (χ0) is 28.2. The van der Waals surface area contributed by atoms with Gasteiger partial charge in [-0.05, 0) is 42.7 Å². The average molecular weight is 549 g/mol. The molecule has 0 unspecified atom stereocenters. The predicted octanol–water partition coefficient (Wildman–Crippen LogP) is 5.03. The number of hydrogen-bond acceptors (Lipinski definition) is 8. The van der Waals surface area contributed by atoms with Crippen molar-refractivity contribution in [1.82, 2.24) is 4.98 Å². The van der Waals surface area contributed by atoms with E-state index in [0.29, 0.717) is 22.1 Å². The molecule has 11 heteroatoms. The topological polar surface area (TPSA) is 142 Å². The lowest BCUT2D eigenvalue weighted by molar-refractivity contribution is 0.0697. The molecule has 0 aliphatic carbocycles. The summed E-state index contributed by atoms with van der Waals surface area (Å²) in [5.74, 6) is -0.408. The number of aromatic carboxylic acids is 1. The van der Waals surface area contributed by atoms with Gasteiger partial charge in [-0.3, -0.25) is 19.4 Å². The van der Waals surface area contributed by atoms with Crippen molar-refractivity contribution in [3.8, 4) is 0 Å². The molecule has 0 radical (unpaired) electrons. The molecule has 10 nitrogen and oxygen atoms in total. The number of furan rings is 1. The normalized spacial score (nSPS) is 14.0. The van der Waals surface area contributed by atoms with Gasteiger partial charge < -0.3 is 25.1 Å². The number of hydrogen-bond donors (Lipinski definition) is 3. The van der Waals surface area contributed by atoms with E-state index in [1.165, 1.54) is 23.4 Å². The van der Waals surface area contributed by atoms with Crippen LogP contribution < -0.4 is 26.4 Å². The Labute approximate surface area is 227 Å². The van der Waals surface area contributed by atoms with Crippen LogP contribution in [0.15, 0.2) is 56.7 Å². The molecular weight excluding hydrogens is 524 g/mol. The average Bonchev–Trinajstić information content (AvgIpc) is 3.47. The van der Waals surface area contributed by atoms with Crippen molar-refractivity contribution in [3.63, 3.8) is 0 Å². The number of anilines is 4. The fraction of sp³-hybridized carbons (Fsp3) is 0.250. The van der Waals surface area contributed by atoms with E-state index in [0.717, 1.165) is 0 Å². The maximum absolute atomic E-state index is 13.6. The number of aryl methyl sites for hydroxylation is 1. The zero-order valence-corrected chi connectivity index (χ0v) is 22.3. The number of nitrogens with zero attached hydrogens (tertiary/aromatic N) is 2.